The van der Waals surface area contributed by atoms with Crippen LogP contribution >= 0.6 is 0 Å². The van der Waals surface area contributed by atoms with Gasteiger partial charge in [-0.15, -0.1) is 0 Å². The highest BCUT2D eigenvalue weighted by atomic mass is 16.2. The molecule has 1 aromatic rings. The molecule has 0 saturated carbocycles. The number of benzene rings is 1. The number of carbonyl (C=O) groups excluding carboxylic acids is 1. The smallest absolute Gasteiger partial charge is 0.236 e. The van der Waals surface area contributed by atoms with E-state index in [1.165, 1.54) is 5.56 Å². The first-order chi connectivity index (χ1) is 11.5. The first kappa shape index (κ1) is 18.4. The van der Waals surface area contributed by atoms with Gasteiger partial charge in [0.15, 0.2) is 0 Å². The van der Waals surface area contributed by atoms with Crippen LogP contribution in [0.5, 0.6) is 0 Å². The Morgan fingerprint density at radius 2 is 2.08 bits per heavy atom. The van der Waals surface area contributed by atoms with Gasteiger partial charge in [0.05, 0.1) is 18.5 Å². The molecule has 0 aliphatic carbocycles. The molecule has 0 spiro atoms. The maximum absolute atomic E-state index is 12.7. The molecule has 24 heavy (non-hydrogen) atoms. The summed E-state index contributed by atoms with van der Waals surface area (Å²) in [5, 5.41) is 9.00. The Hall–Kier alpha value is -1.90. The molecule has 2 rings (SSSR count). The Bertz CT molecular complexity index is 568. The van der Waals surface area contributed by atoms with Gasteiger partial charge in [0.2, 0.25) is 5.91 Å². The fourth-order valence-electron chi connectivity index (χ4n) is 3.19. The molecule has 1 amide bonds. The quantitative estimate of drug-likeness (QED) is 0.801. The van der Waals surface area contributed by atoms with Crippen LogP contribution in [0.1, 0.15) is 25.5 Å². The Kier molecular flexibility index (Phi) is 6.77. The van der Waals surface area contributed by atoms with E-state index in [9.17, 15) is 4.79 Å². The van der Waals surface area contributed by atoms with Gasteiger partial charge in [-0.25, -0.2) is 0 Å². The van der Waals surface area contributed by atoms with E-state index in [4.69, 9.17) is 5.26 Å². The van der Waals surface area contributed by atoms with Gasteiger partial charge in [-0.2, -0.15) is 5.26 Å². The highest BCUT2D eigenvalue weighted by molar-refractivity contribution is 5.78. The van der Waals surface area contributed by atoms with Crippen LogP contribution in [0, 0.1) is 17.2 Å². The molecule has 1 aromatic carbocycles. The second-order valence-corrected chi connectivity index (χ2v) is 6.62. The zero-order valence-corrected chi connectivity index (χ0v) is 15.0. The van der Waals surface area contributed by atoms with Crippen LogP contribution in [0.25, 0.3) is 0 Å². The second kappa shape index (κ2) is 8.81. The van der Waals surface area contributed by atoms with Crippen molar-refractivity contribution in [3.05, 3.63) is 35.9 Å². The van der Waals surface area contributed by atoms with Crippen molar-refractivity contribution in [1.82, 2.24) is 14.7 Å². The lowest BCUT2D eigenvalue weighted by atomic mass is 10.0. The molecular formula is C19H28N4O. The molecule has 1 heterocycles. The van der Waals surface area contributed by atoms with Crippen molar-refractivity contribution < 1.29 is 4.79 Å². The van der Waals surface area contributed by atoms with Crippen molar-refractivity contribution in [2.75, 3.05) is 46.3 Å². The molecular weight excluding hydrogens is 300 g/mol. The number of nitriles is 1. The highest BCUT2D eigenvalue weighted by Crippen LogP contribution is 2.24. The van der Waals surface area contributed by atoms with Gasteiger partial charge in [0.25, 0.3) is 0 Å². The lowest BCUT2D eigenvalue weighted by Gasteiger charge is -2.40. The van der Waals surface area contributed by atoms with E-state index in [1.54, 1.807) is 4.90 Å². The van der Waals surface area contributed by atoms with Crippen molar-refractivity contribution in [2.24, 2.45) is 5.92 Å². The van der Waals surface area contributed by atoms with E-state index >= 15 is 0 Å². The van der Waals surface area contributed by atoms with Gasteiger partial charge in [0, 0.05) is 38.8 Å². The predicted molar refractivity (Wildman–Crippen MR) is 95.3 cm³/mol. The summed E-state index contributed by atoms with van der Waals surface area (Å²) in [5.74, 6) is -0.0172. The molecule has 2 atom stereocenters. The largest absolute Gasteiger partial charge is 0.341 e. The minimum absolute atomic E-state index is 0.116. The summed E-state index contributed by atoms with van der Waals surface area (Å²) >= 11 is 0. The zero-order valence-electron chi connectivity index (χ0n) is 15.0. The lowest BCUT2D eigenvalue weighted by molar-refractivity contribution is -0.133. The van der Waals surface area contributed by atoms with Gasteiger partial charge in [-0.1, -0.05) is 30.3 Å². The fraction of sp³-hybridized carbons (Fsp3) is 0.579. The summed E-state index contributed by atoms with van der Waals surface area (Å²) < 4.78 is 0. The third-order valence-electron chi connectivity index (χ3n) is 4.67. The van der Waals surface area contributed by atoms with E-state index < -0.39 is 0 Å². The monoisotopic (exact) mass is 328 g/mol. The summed E-state index contributed by atoms with van der Waals surface area (Å²) in [6, 6.07) is 12.8. The van der Waals surface area contributed by atoms with Gasteiger partial charge < -0.3 is 9.80 Å². The molecule has 0 radical (unpaired) electrons. The van der Waals surface area contributed by atoms with Crippen molar-refractivity contribution >= 4 is 5.91 Å². The van der Waals surface area contributed by atoms with E-state index in [1.807, 2.05) is 19.9 Å². The van der Waals surface area contributed by atoms with E-state index in [0.717, 1.165) is 19.6 Å². The summed E-state index contributed by atoms with van der Waals surface area (Å²) in [7, 11) is 2.13. The molecule has 0 aromatic heterocycles. The van der Waals surface area contributed by atoms with Crippen molar-refractivity contribution in [2.45, 2.75) is 19.9 Å². The molecule has 0 unspecified atom stereocenters. The predicted octanol–water partition coefficient (Wildman–Crippen LogP) is 1.98. The van der Waals surface area contributed by atoms with Crippen LogP contribution in [0.15, 0.2) is 30.3 Å². The zero-order chi connectivity index (χ0) is 17.5. The summed E-state index contributed by atoms with van der Waals surface area (Å²) in [4.78, 5) is 19.1. The number of nitrogens with zero attached hydrogens (tertiary/aromatic N) is 4. The Balaban J connectivity index is 2.07. The molecule has 5 nitrogen and oxygen atoms in total. The van der Waals surface area contributed by atoms with Crippen LogP contribution in [-0.4, -0.2) is 66.9 Å². The Morgan fingerprint density at radius 1 is 1.38 bits per heavy atom. The number of carbonyl (C=O) groups is 1. The molecule has 1 saturated heterocycles. The molecule has 1 aliphatic heterocycles. The molecule has 1 fully saturated rings. The third kappa shape index (κ3) is 4.80. The molecule has 1 aliphatic rings. The fourth-order valence-corrected chi connectivity index (χ4v) is 3.19. The van der Waals surface area contributed by atoms with Gasteiger partial charge in [0.1, 0.15) is 0 Å². The number of hydrogen-bond acceptors (Lipinski definition) is 4. The first-order valence-electron chi connectivity index (χ1n) is 8.70. The minimum atomic E-state index is -0.133. The van der Waals surface area contributed by atoms with Crippen molar-refractivity contribution in [3.63, 3.8) is 0 Å². The van der Waals surface area contributed by atoms with Crippen LogP contribution in [0.4, 0.5) is 0 Å². The van der Waals surface area contributed by atoms with Crippen LogP contribution < -0.4 is 0 Å². The topological polar surface area (TPSA) is 50.6 Å². The normalized spacial score (nSPS) is 20.3. The van der Waals surface area contributed by atoms with Crippen LogP contribution in [-0.2, 0) is 4.79 Å². The Morgan fingerprint density at radius 3 is 2.71 bits per heavy atom. The number of rotatable bonds is 6. The maximum atomic E-state index is 12.7. The molecule has 0 bridgehead atoms. The van der Waals surface area contributed by atoms with E-state index in [0.29, 0.717) is 19.6 Å². The van der Waals surface area contributed by atoms with Gasteiger partial charge in [-0.05, 0) is 26.5 Å². The average Bonchev–Trinajstić information content (AvgIpc) is 2.61. The lowest BCUT2D eigenvalue weighted by Crippen LogP contribution is -2.51. The molecule has 0 N–H and O–H groups in total. The van der Waals surface area contributed by atoms with Crippen molar-refractivity contribution in [3.8, 4) is 6.07 Å². The minimum Gasteiger partial charge on any atom is -0.341 e. The number of likely N-dealkylation sites (N-methyl/N-ethyl adjacent to an activating group) is 2. The SMILES string of the molecule is CCN(C[C@H](C)C#N)C(=O)CN1CCN(C)C[C@@H]1c1ccccc1. The number of hydrogen-bond donors (Lipinski definition) is 0. The summed E-state index contributed by atoms with van der Waals surface area (Å²) in [5.41, 5.74) is 1.25. The van der Waals surface area contributed by atoms with Crippen LogP contribution in [0.3, 0.4) is 0 Å². The van der Waals surface area contributed by atoms with Crippen LogP contribution in [0.2, 0.25) is 0 Å². The summed E-state index contributed by atoms with van der Waals surface area (Å²) in [6.45, 7) is 8.19. The highest BCUT2D eigenvalue weighted by Gasteiger charge is 2.29. The number of amides is 1. The van der Waals surface area contributed by atoms with E-state index in [-0.39, 0.29) is 17.9 Å². The third-order valence-corrected chi connectivity index (χ3v) is 4.67. The van der Waals surface area contributed by atoms with Crippen molar-refractivity contribution in [1.29, 1.82) is 5.26 Å². The maximum Gasteiger partial charge on any atom is 0.236 e. The van der Waals surface area contributed by atoms with Gasteiger partial charge >= 0.3 is 0 Å². The molecule has 130 valence electrons. The molecule has 5 heteroatoms. The number of piperazine rings is 1. The average molecular weight is 328 g/mol. The van der Waals surface area contributed by atoms with Gasteiger partial charge in [-0.3, -0.25) is 9.69 Å². The van der Waals surface area contributed by atoms with E-state index in [2.05, 4.69) is 47.2 Å². The summed E-state index contributed by atoms with van der Waals surface area (Å²) in [6.07, 6.45) is 0. The Labute approximate surface area is 145 Å². The standard InChI is InChI=1S/C19H28N4O/c1-4-22(13-16(2)12-20)19(24)15-23-11-10-21(3)14-18(23)17-8-6-5-7-9-17/h5-9,16,18H,4,10-11,13-15H2,1-3H3/t16-,18-/m1/s1. The second-order valence-electron chi connectivity index (χ2n) is 6.62. The first-order valence-corrected chi connectivity index (χ1v) is 8.70.